The van der Waals surface area contributed by atoms with Crippen LogP contribution in [0, 0.1) is 0 Å². The van der Waals surface area contributed by atoms with Crippen molar-refractivity contribution in [1.82, 2.24) is 9.55 Å². The Morgan fingerprint density at radius 2 is 1.84 bits per heavy atom. The van der Waals surface area contributed by atoms with Crippen molar-refractivity contribution < 1.29 is 13.2 Å². The van der Waals surface area contributed by atoms with Crippen LogP contribution in [0.4, 0.5) is 13.2 Å². The Morgan fingerprint density at radius 1 is 1.16 bits per heavy atom. The molecule has 0 saturated heterocycles. The number of halogens is 3. The third-order valence-electron chi connectivity index (χ3n) is 2.68. The lowest BCUT2D eigenvalue weighted by molar-refractivity contribution is -0.146. The summed E-state index contributed by atoms with van der Waals surface area (Å²) in [6.45, 7) is 0.430. The lowest BCUT2D eigenvalue weighted by Crippen LogP contribution is -2.13. The summed E-state index contributed by atoms with van der Waals surface area (Å²) in [6, 6.07) is 8.36. The van der Waals surface area contributed by atoms with Gasteiger partial charge in [0.15, 0.2) is 0 Å². The predicted octanol–water partition coefficient (Wildman–Crippen LogP) is 2.78. The Bertz CT molecular complexity index is 532. The van der Waals surface area contributed by atoms with Gasteiger partial charge in [0.25, 0.3) is 0 Å². The molecule has 0 atom stereocenters. The summed E-state index contributed by atoms with van der Waals surface area (Å²) in [4.78, 5) is 3.68. The molecule has 0 saturated carbocycles. The number of nitrogens with two attached hydrogens (primary N) is 1. The van der Waals surface area contributed by atoms with Gasteiger partial charge in [-0.15, -0.1) is 0 Å². The first kappa shape index (κ1) is 13.6. The molecule has 2 N–H and O–H groups in total. The van der Waals surface area contributed by atoms with E-state index in [4.69, 9.17) is 5.73 Å². The zero-order valence-corrected chi connectivity index (χ0v) is 10.2. The third kappa shape index (κ3) is 3.14. The molecular formula is C13H14F3N3. The minimum absolute atomic E-state index is 0.404. The van der Waals surface area contributed by atoms with E-state index < -0.39 is 12.0 Å². The second-order valence-electron chi connectivity index (χ2n) is 4.15. The van der Waals surface area contributed by atoms with Crippen molar-refractivity contribution in [3.63, 3.8) is 0 Å². The maximum absolute atomic E-state index is 13.0. The van der Waals surface area contributed by atoms with Crippen LogP contribution in [0.1, 0.15) is 17.9 Å². The van der Waals surface area contributed by atoms with E-state index in [2.05, 4.69) is 4.98 Å². The molecule has 0 radical (unpaired) electrons. The molecule has 0 bridgehead atoms. The largest absolute Gasteiger partial charge is 0.450 e. The van der Waals surface area contributed by atoms with Crippen molar-refractivity contribution in [1.29, 1.82) is 0 Å². The van der Waals surface area contributed by atoms with E-state index in [1.165, 1.54) is 6.20 Å². The normalized spacial score (nSPS) is 11.8. The maximum atomic E-state index is 13.0. The van der Waals surface area contributed by atoms with E-state index in [9.17, 15) is 13.2 Å². The van der Waals surface area contributed by atoms with Gasteiger partial charge in [-0.25, -0.2) is 4.98 Å². The molecule has 0 spiro atoms. The number of rotatable bonds is 4. The summed E-state index contributed by atoms with van der Waals surface area (Å²) in [6.07, 6.45) is -1.99. The van der Waals surface area contributed by atoms with Gasteiger partial charge in [0.2, 0.25) is 5.82 Å². The van der Waals surface area contributed by atoms with E-state index in [1.54, 1.807) is 30.3 Å². The van der Waals surface area contributed by atoms with E-state index in [1.807, 2.05) is 0 Å². The lowest BCUT2D eigenvalue weighted by Gasteiger charge is -2.09. The highest BCUT2D eigenvalue weighted by atomic mass is 19.4. The van der Waals surface area contributed by atoms with Crippen LogP contribution in [0.3, 0.4) is 0 Å². The molecule has 1 aromatic heterocycles. The predicted molar refractivity (Wildman–Crippen MR) is 65.9 cm³/mol. The van der Waals surface area contributed by atoms with E-state index in [0.29, 0.717) is 30.8 Å². The smallest absolute Gasteiger partial charge is 0.330 e. The Kier molecular flexibility index (Phi) is 3.90. The van der Waals surface area contributed by atoms with Gasteiger partial charge in [-0.1, -0.05) is 18.2 Å². The van der Waals surface area contributed by atoms with Crippen LogP contribution in [-0.4, -0.2) is 16.1 Å². The Labute approximate surface area is 108 Å². The SMILES string of the molecule is NCCCc1cn(-c2ccccc2)c(C(F)(F)F)n1. The molecule has 6 heteroatoms. The standard InChI is InChI=1S/C13H14F3N3/c14-13(15,16)12-18-10(5-4-8-17)9-19(12)11-6-2-1-3-7-11/h1-3,6-7,9H,4-5,8,17H2. The van der Waals surface area contributed by atoms with E-state index in [0.717, 1.165) is 4.57 Å². The van der Waals surface area contributed by atoms with Crippen LogP contribution >= 0.6 is 0 Å². The van der Waals surface area contributed by atoms with Gasteiger partial charge in [-0.2, -0.15) is 13.2 Å². The number of benzene rings is 1. The van der Waals surface area contributed by atoms with Gasteiger partial charge in [-0.3, -0.25) is 4.57 Å². The fraction of sp³-hybridized carbons (Fsp3) is 0.308. The molecule has 102 valence electrons. The minimum atomic E-state index is -4.48. The first-order valence-corrected chi connectivity index (χ1v) is 5.93. The second kappa shape index (κ2) is 5.44. The number of alkyl halides is 3. The van der Waals surface area contributed by atoms with Gasteiger partial charge < -0.3 is 5.73 Å². The molecule has 0 amide bonds. The third-order valence-corrected chi connectivity index (χ3v) is 2.68. The van der Waals surface area contributed by atoms with Gasteiger partial charge in [0, 0.05) is 11.9 Å². The van der Waals surface area contributed by atoms with Crippen molar-refractivity contribution in [3.05, 3.63) is 48.0 Å². The highest BCUT2D eigenvalue weighted by Crippen LogP contribution is 2.30. The maximum Gasteiger partial charge on any atom is 0.450 e. The number of hydrogen-bond acceptors (Lipinski definition) is 2. The molecule has 0 aliphatic carbocycles. The van der Waals surface area contributed by atoms with Crippen LogP contribution in [0.25, 0.3) is 5.69 Å². The quantitative estimate of drug-likeness (QED) is 0.927. The highest BCUT2D eigenvalue weighted by Gasteiger charge is 2.37. The summed E-state index contributed by atoms with van der Waals surface area (Å²) >= 11 is 0. The topological polar surface area (TPSA) is 43.8 Å². The molecule has 2 rings (SSSR count). The van der Waals surface area contributed by atoms with E-state index in [-0.39, 0.29) is 0 Å². The van der Waals surface area contributed by atoms with Gasteiger partial charge in [0.05, 0.1) is 5.69 Å². The second-order valence-corrected chi connectivity index (χ2v) is 4.15. The van der Waals surface area contributed by atoms with Crippen molar-refractivity contribution in [2.75, 3.05) is 6.54 Å². The molecular weight excluding hydrogens is 255 g/mol. The van der Waals surface area contributed by atoms with Gasteiger partial charge >= 0.3 is 6.18 Å². The molecule has 0 aliphatic heterocycles. The first-order chi connectivity index (χ1) is 9.02. The molecule has 1 aromatic carbocycles. The first-order valence-electron chi connectivity index (χ1n) is 5.93. The summed E-state index contributed by atoms with van der Waals surface area (Å²) in [5, 5.41) is 0. The number of aromatic nitrogens is 2. The van der Waals surface area contributed by atoms with Crippen LogP contribution in [0.5, 0.6) is 0 Å². The van der Waals surface area contributed by atoms with E-state index >= 15 is 0 Å². The molecule has 19 heavy (non-hydrogen) atoms. The average Bonchev–Trinajstić information content (AvgIpc) is 2.81. The van der Waals surface area contributed by atoms with Crippen molar-refractivity contribution in [2.45, 2.75) is 19.0 Å². The zero-order valence-electron chi connectivity index (χ0n) is 10.2. The number of aryl methyl sites for hydroxylation is 1. The van der Waals surface area contributed by atoms with Crippen LogP contribution < -0.4 is 5.73 Å². The molecule has 0 unspecified atom stereocenters. The fourth-order valence-electron chi connectivity index (χ4n) is 1.82. The van der Waals surface area contributed by atoms with Crippen molar-refractivity contribution in [3.8, 4) is 5.69 Å². The Hall–Kier alpha value is -1.82. The van der Waals surface area contributed by atoms with Crippen LogP contribution in [-0.2, 0) is 12.6 Å². The van der Waals surface area contributed by atoms with Gasteiger partial charge in [-0.05, 0) is 31.5 Å². The Balaban J connectivity index is 2.43. The molecule has 0 aliphatic rings. The summed E-state index contributed by atoms with van der Waals surface area (Å²) in [7, 11) is 0. The number of hydrogen-bond donors (Lipinski definition) is 1. The van der Waals surface area contributed by atoms with Crippen LogP contribution in [0.15, 0.2) is 36.5 Å². The minimum Gasteiger partial charge on any atom is -0.330 e. The average molecular weight is 269 g/mol. The van der Waals surface area contributed by atoms with Crippen LogP contribution in [0.2, 0.25) is 0 Å². The number of imidazole rings is 1. The summed E-state index contributed by atoms with van der Waals surface area (Å²) in [5.74, 6) is -0.897. The molecule has 1 heterocycles. The zero-order chi connectivity index (χ0) is 13.9. The Morgan fingerprint density at radius 3 is 2.42 bits per heavy atom. The van der Waals surface area contributed by atoms with Crippen molar-refractivity contribution in [2.24, 2.45) is 5.73 Å². The summed E-state index contributed by atoms with van der Waals surface area (Å²) < 4.78 is 40.0. The molecule has 2 aromatic rings. The lowest BCUT2D eigenvalue weighted by atomic mass is 10.2. The highest BCUT2D eigenvalue weighted by molar-refractivity contribution is 5.34. The number of nitrogens with zero attached hydrogens (tertiary/aromatic N) is 2. The van der Waals surface area contributed by atoms with Crippen molar-refractivity contribution >= 4 is 0 Å². The number of para-hydroxylation sites is 1. The molecule has 3 nitrogen and oxygen atoms in total. The van der Waals surface area contributed by atoms with Gasteiger partial charge in [0.1, 0.15) is 0 Å². The monoisotopic (exact) mass is 269 g/mol. The molecule has 0 fully saturated rings. The summed E-state index contributed by atoms with van der Waals surface area (Å²) in [5.41, 5.74) is 6.21. The fourth-order valence-corrected chi connectivity index (χ4v) is 1.82.